The highest BCUT2D eigenvalue weighted by Gasteiger charge is 2.35. The number of nitrogens with one attached hydrogen (secondary N) is 1. The van der Waals surface area contributed by atoms with Gasteiger partial charge in [-0.25, -0.2) is 13.1 Å². The molecule has 1 aromatic heterocycles. The second-order valence-electron chi connectivity index (χ2n) is 10.1. The van der Waals surface area contributed by atoms with E-state index >= 15 is 0 Å². The van der Waals surface area contributed by atoms with E-state index in [0.717, 1.165) is 46.9 Å². The first-order valence-corrected chi connectivity index (χ1v) is 12.7. The second-order valence-corrected chi connectivity index (χ2v) is 12.2. The Kier molecular flexibility index (Phi) is 5.91. The Morgan fingerprint density at radius 1 is 1.16 bits per heavy atom. The average molecular weight is 450 g/mol. The first-order valence-electron chi connectivity index (χ1n) is 11.2. The zero-order chi connectivity index (χ0) is 23.1. The highest BCUT2D eigenvalue weighted by molar-refractivity contribution is 7.90. The normalized spacial score (nSPS) is 14.6. The van der Waals surface area contributed by atoms with Crippen molar-refractivity contribution < 1.29 is 8.42 Å². The SMILES string of the molecule is Cc1ccc(-c2ccc3c(c2)c(CC(C)(C)C)cn3CCNS(=O)(=O)C2CC2)c(C#N)c1. The summed E-state index contributed by atoms with van der Waals surface area (Å²) in [5, 5.41) is 10.6. The van der Waals surface area contributed by atoms with E-state index in [1.807, 2.05) is 25.1 Å². The van der Waals surface area contributed by atoms with Crippen molar-refractivity contribution in [2.45, 2.75) is 58.8 Å². The van der Waals surface area contributed by atoms with Crippen LogP contribution in [0.3, 0.4) is 0 Å². The predicted octanol–water partition coefficient (Wildman–Crippen LogP) is 5.16. The zero-order valence-electron chi connectivity index (χ0n) is 19.3. The minimum atomic E-state index is -3.18. The molecule has 0 bridgehead atoms. The quantitative estimate of drug-likeness (QED) is 0.541. The number of nitrogens with zero attached hydrogens (tertiary/aromatic N) is 2. The molecule has 0 atom stereocenters. The molecule has 32 heavy (non-hydrogen) atoms. The van der Waals surface area contributed by atoms with Crippen LogP contribution >= 0.6 is 0 Å². The lowest BCUT2D eigenvalue weighted by molar-refractivity contribution is 0.412. The van der Waals surface area contributed by atoms with Gasteiger partial charge in [-0.3, -0.25) is 0 Å². The fraction of sp³-hybridized carbons (Fsp3) is 0.423. The van der Waals surface area contributed by atoms with E-state index in [9.17, 15) is 13.7 Å². The van der Waals surface area contributed by atoms with E-state index in [1.165, 1.54) is 5.56 Å². The summed E-state index contributed by atoms with van der Waals surface area (Å²) in [5.74, 6) is 0. The van der Waals surface area contributed by atoms with Crippen molar-refractivity contribution in [2.24, 2.45) is 5.41 Å². The predicted molar refractivity (Wildman–Crippen MR) is 130 cm³/mol. The summed E-state index contributed by atoms with van der Waals surface area (Å²) >= 11 is 0. The van der Waals surface area contributed by atoms with Crippen LogP contribution in [0.5, 0.6) is 0 Å². The van der Waals surface area contributed by atoms with Gasteiger partial charge in [0.2, 0.25) is 10.0 Å². The Bertz CT molecular complexity index is 1300. The van der Waals surface area contributed by atoms with Crippen molar-refractivity contribution in [3.05, 3.63) is 59.3 Å². The molecule has 5 nitrogen and oxygen atoms in total. The van der Waals surface area contributed by atoms with Crippen molar-refractivity contribution >= 4 is 20.9 Å². The number of fused-ring (bicyclic) bond motifs is 1. The molecule has 0 unspecified atom stereocenters. The van der Waals surface area contributed by atoms with Gasteiger partial charge >= 0.3 is 0 Å². The minimum Gasteiger partial charge on any atom is -0.346 e. The van der Waals surface area contributed by atoms with Gasteiger partial charge in [-0.1, -0.05) is 39.0 Å². The van der Waals surface area contributed by atoms with Crippen LogP contribution in [-0.2, 0) is 23.0 Å². The first-order chi connectivity index (χ1) is 15.1. The molecule has 1 N–H and O–H groups in total. The maximum atomic E-state index is 12.2. The number of nitriles is 1. The summed E-state index contributed by atoms with van der Waals surface area (Å²) in [6.45, 7) is 9.62. The molecule has 0 amide bonds. The maximum absolute atomic E-state index is 12.2. The van der Waals surface area contributed by atoms with E-state index in [1.54, 1.807) is 0 Å². The Morgan fingerprint density at radius 3 is 2.56 bits per heavy atom. The van der Waals surface area contributed by atoms with Crippen molar-refractivity contribution in [3.63, 3.8) is 0 Å². The van der Waals surface area contributed by atoms with Crippen LogP contribution in [-0.4, -0.2) is 24.8 Å². The number of sulfonamides is 1. The number of aromatic nitrogens is 1. The third-order valence-electron chi connectivity index (χ3n) is 5.91. The van der Waals surface area contributed by atoms with Gasteiger partial charge in [0.05, 0.1) is 16.9 Å². The molecule has 1 heterocycles. The van der Waals surface area contributed by atoms with Crippen molar-refractivity contribution in [2.75, 3.05) is 6.54 Å². The summed E-state index contributed by atoms with van der Waals surface area (Å²) in [7, 11) is -3.18. The van der Waals surface area contributed by atoms with Gasteiger partial charge in [-0.2, -0.15) is 5.26 Å². The summed E-state index contributed by atoms with van der Waals surface area (Å²) in [6, 6.07) is 14.6. The molecule has 168 valence electrons. The monoisotopic (exact) mass is 449 g/mol. The first kappa shape index (κ1) is 22.6. The fourth-order valence-electron chi connectivity index (χ4n) is 4.24. The Morgan fingerprint density at radius 2 is 1.91 bits per heavy atom. The Balaban J connectivity index is 1.70. The molecule has 1 fully saturated rings. The lowest BCUT2D eigenvalue weighted by Gasteiger charge is -2.17. The lowest BCUT2D eigenvalue weighted by atomic mass is 9.87. The van der Waals surface area contributed by atoms with Gasteiger partial charge in [0, 0.05) is 30.2 Å². The molecule has 0 saturated heterocycles. The molecule has 0 spiro atoms. The number of aryl methyl sites for hydroxylation is 1. The van der Waals surface area contributed by atoms with E-state index in [2.05, 4.69) is 60.5 Å². The van der Waals surface area contributed by atoms with Gasteiger partial charge in [0.25, 0.3) is 0 Å². The van der Waals surface area contributed by atoms with E-state index in [0.29, 0.717) is 18.7 Å². The Labute approximate surface area is 191 Å². The summed E-state index contributed by atoms with van der Waals surface area (Å²) in [4.78, 5) is 0. The standard InChI is InChI=1S/C26H31N3O2S/c1-18-5-9-23(20(13-18)16-27)19-6-10-25-24(14-19)21(15-26(2,3)4)17-29(25)12-11-28-32(30,31)22-7-8-22/h5-6,9-10,13-14,17,22,28H,7-8,11-12,15H2,1-4H3. The van der Waals surface area contributed by atoms with Crippen molar-refractivity contribution in [1.29, 1.82) is 5.26 Å². The number of hydrogen-bond donors (Lipinski definition) is 1. The number of rotatable bonds is 7. The molecular weight excluding hydrogens is 418 g/mol. The van der Waals surface area contributed by atoms with Gasteiger partial charge < -0.3 is 4.57 Å². The molecule has 1 aliphatic rings. The summed E-state index contributed by atoms with van der Waals surface area (Å²) in [5.41, 5.74) is 6.15. The molecule has 4 rings (SSSR count). The number of benzene rings is 2. The van der Waals surface area contributed by atoms with E-state index in [-0.39, 0.29) is 10.7 Å². The fourth-order valence-corrected chi connectivity index (χ4v) is 5.61. The molecular formula is C26H31N3O2S. The smallest absolute Gasteiger partial charge is 0.214 e. The Hall–Kier alpha value is -2.62. The van der Waals surface area contributed by atoms with Crippen LogP contribution in [0.4, 0.5) is 0 Å². The van der Waals surface area contributed by atoms with Crippen LogP contribution in [0.1, 0.15) is 50.3 Å². The van der Waals surface area contributed by atoms with Gasteiger partial charge in [-0.15, -0.1) is 0 Å². The highest BCUT2D eigenvalue weighted by atomic mass is 32.2. The van der Waals surface area contributed by atoms with Crippen LogP contribution in [0.25, 0.3) is 22.0 Å². The van der Waals surface area contributed by atoms with Crippen LogP contribution in [0, 0.1) is 23.7 Å². The molecule has 2 aromatic carbocycles. The largest absolute Gasteiger partial charge is 0.346 e. The van der Waals surface area contributed by atoms with E-state index in [4.69, 9.17) is 0 Å². The van der Waals surface area contributed by atoms with Crippen molar-refractivity contribution in [3.8, 4) is 17.2 Å². The third-order valence-corrected chi connectivity index (χ3v) is 7.87. The highest BCUT2D eigenvalue weighted by Crippen LogP contribution is 2.33. The van der Waals surface area contributed by atoms with Gasteiger partial charge in [0.15, 0.2) is 0 Å². The summed E-state index contributed by atoms with van der Waals surface area (Å²) < 4.78 is 29.3. The van der Waals surface area contributed by atoms with Crippen LogP contribution in [0.15, 0.2) is 42.6 Å². The minimum absolute atomic E-state index is 0.115. The van der Waals surface area contributed by atoms with Gasteiger partial charge in [0.1, 0.15) is 0 Å². The molecule has 1 saturated carbocycles. The zero-order valence-corrected chi connectivity index (χ0v) is 20.1. The number of hydrogen-bond acceptors (Lipinski definition) is 3. The topological polar surface area (TPSA) is 74.9 Å². The maximum Gasteiger partial charge on any atom is 0.214 e. The molecule has 0 radical (unpaired) electrons. The lowest BCUT2D eigenvalue weighted by Crippen LogP contribution is -2.30. The molecule has 6 heteroatoms. The average Bonchev–Trinajstić information content (AvgIpc) is 3.53. The third kappa shape index (κ3) is 4.90. The van der Waals surface area contributed by atoms with E-state index < -0.39 is 10.0 Å². The molecule has 0 aliphatic heterocycles. The van der Waals surface area contributed by atoms with Crippen LogP contribution in [0.2, 0.25) is 0 Å². The second kappa shape index (κ2) is 8.38. The molecule has 1 aliphatic carbocycles. The summed E-state index contributed by atoms with van der Waals surface area (Å²) in [6.07, 6.45) is 4.60. The van der Waals surface area contributed by atoms with Crippen LogP contribution < -0.4 is 4.72 Å². The van der Waals surface area contributed by atoms with Crippen molar-refractivity contribution in [1.82, 2.24) is 9.29 Å². The van der Waals surface area contributed by atoms with Gasteiger partial charge in [-0.05, 0) is 72.1 Å². The molecule has 3 aromatic rings.